The molecule has 110 valence electrons. The van der Waals surface area contributed by atoms with E-state index in [1.165, 1.54) is 6.21 Å². The van der Waals surface area contributed by atoms with Crippen LogP contribution in [0.25, 0.3) is 0 Å². The highest BCUT2D eigenvalue weighted by atomic mass is 127. The molecule has 1 rings (SSSR count). The first-order valence-corrected chi connectivity index (χ1v) is 7.94. The molecule has 20 heavy (non-hydrogen) atoms. The van der Waals surface area contributed by atoms with Crippen molar-refractivity contribution in [1.29, 1.82) is 0 Å². The molecular formula is C13H16I2N2O3. The molecule has 0 aliphatic heterocycles. The van der Waals surface area contributed by atoms with Crippen LogP contribution in [0.1, 0.15) is 26.3 Å². The van der Waals surface area contributed by atoms with Gasteiger partial charge < -0.3 is 9.47 Å². The lowest BCUT2D eigenvalue weighted by molar-refractivity contribution is 0.0529. The van der Waals surface area contributed by atoms with Crippen LogP contribution in [0.3, 0.4) is 0 Å². The summed E-state index contributed by atoms with van der Waals surface area (Å²) < 4.78 is 12.4. The Morgan fingerprint density at radius 2 is 2.00 bits per heavy atom. The van der Waals surface area contributed by atoms with Gasteiger partial charge in [0.2, 0.25) is 0 Å². The Labute approximate surface area is 145 Å². The predicted octanol–water partition coefficient (Wildman–Crippen LogP) is 3.76. The number of hydrazone groups is 1. The van der Waals surface area contributed by atoms with Crippen LogP contribution in [0, 0.1) is 7.14 Å². The van der Waals surface area contributed by atoms with Gasteiger partial charge in [-0.05, 0) is 78.1 Å². The third-order valence-corrected chi connectivity index (χ3v) is 3.42. The number of hydrogen-bond donors (Lipinski definition) is 1. The van der Waals surface area contributed by atoms with Gasteiger partial charge in [-0.2, -0.15) is 5.10 Å². The Hall–Kier alpha value is -0.580. The molecule has 0 aliphatic rings. The maximum atomic E-state index is 11.5. The number of carbonyl (C=O) groups is 1. The fraction of sp³-hybridized carbons (Fsp3) is 0.385. The molecule has 1 aromatic rings. The second-order valence-corrected chi connectivity index (χ2v) is 7.29. The summed E-state index contributed by atoms with van der Waals surface area (Å²) in [6.45, 7) is 5.38. The van der Waals surface area contributed by atoms with E-state index in [2.05, 4.69) is 55.7 Å². The molecule has 0 aliphatic carbocycles. The summed E-state index contributed by atoms with van der Waals surface area (Å²) in [4.78, 5) is 11.5. The number of nitrogens with one attached hydrogen (secondary N) is 1. The fourth-order valence-electron chi connectivity index (χ4n) is 1.35. The van der Waals surface area contributed by atoms with Crippen molar-refractivity contribution >= 4 is 57.5 Å². The largest absolute Gasteiger partial charge is 0.495 e. The molecule has 1 aromatic carbocycles. The lowest BCUT2D eigenvalue weighted by Crippen LogP contribution is -2.29. The standard InChI is InChI=1S/C13H16I2N2O3/c1-13(2,3)20-12(18)17-16-7-8-5-9(14)6-10(15)11(8)19-4/h5-7H,1-4H3,(H,17,18)/b16-7+. The minimum atomic E-state index is -0.590. The summed E-state index contributed by atoms with van der Waals surface area (Å²) in [5, 5.41) is 3.88. The Balaban J connectivity index is 2.78. The van der Waals surface area contributed by atoms with Gasteiger partial charge in [-0.15, -0.1) is 0 Å². The molecule has 0 atom stereocenters. The van der Waals surface area contributed by atoms with E-state index in [0.717, 1.165) is 18.5 Å². The van der Waals surface area contributed by atoms with Crippen molar-refractivity contribution in [3.63, 3.8) is 0 Å². The van der Waals surface area contributed by atoms with Gasteiger partial charge in [0.15, 0.2) is 0 Å². The van der Waals surface area contributed by atoms with Crippen LogP contribution in [-0.4, -0.2) is 25.0 Å². The van der Waals surface area contributed by atoms with Crippen LogP contribution in [-0.2, 0) is 4.74 Å². The Morgan fingerprint density at radius 1 is 1.35 bits per heavy atom. The molecule has 0 heterocycles. The van der Waals surface area contributed by atoms with Crippen LogP contribution >= 0.6 is 45.2 Å². The topological polar surface area (TPSA) is 59.9 Å². The Morgan fingerprint density at radius 3 is 2.55 bits per heavy atom. The van der Waals surface area contributed by atoms with E-state index in [1.807, 2.05) is 12.1 Å². The number of rotatable bonds is 3. The van der Waals surface area contributed by atoms with Crippen molar-refractivity contribution in [2.24, 2.45) is 5.10 Å². The van der Waals surface area contributed by atoms with Crippen molar-refractivity contribution in [3.8, 4) is 5.75 Å². The van der Waals surface area contributed by atoms with Gasteiger partial charge in [0.25, 0.3) is 0 Å². The third-order valence-electron chi connectivity index (χ3n) is 2.00. The second kappa shape index (κ2) is 7.43. The summed E-state index contributed by atoms with van der Waals surface area (Å²) in [6, 6.07) is 3.92. The molecule has 0 saturated heterocycles. The molecule has 0 radical (unpaired) electrons. The lowest BCUT2D eigenvalue weighted by Gasteiger charge is -2.18. The van der Waals surface area contributed by atoms with E-state index in [4.69, 9.17) is 9.47 Å². The fourth-order valence-corrected chi connectivity index (χ4v) is 3.46. The van der Waals surface area contributed by atoms with Gasteiger partial charge in [-0.25, -0.2) is 10.2 Å². The minimum absolute atomic E-state index is 0.547. The first kappa shape index (κ1) is 17.5. The molecule has 1 amide bonds. The highest BCUT2D eigenvalue weighted by molar-refractivity contribution is 14.1. The van der Waals surface area contributed by atoms with Gasteiger partial charge in [-0.1, -0.05) is 0 Å². The van der Waals surface area contributed by atoms with Crippen molar-refractivity contribution < 1.29 is 14.3 Å². The molecule has 0 fully saturated rings. The molecule has 7 heteroatoms. The molecule has 0 aromatic heterocycles. The van der Waals surface area contributed by atoms with E-state index >= 15 is 0 Å². The van der Waals surface area contributed by atoms with Gasteiger partial charge in [-0.3, -0.25) is 0 Å². The number of methoxy groups -OCH3 is 1. The van der Waals surface area contributed by atoms with Gasteiger partial charge in [0, 0.05) is 9.13 Å². The SMILES string of the molecule is COc1c(I)cc(I)cc1/C=N/NC(=O)OC(C)(C)C. The molecule has 1 N–H and O–H groups in total. The van der Waals surface area contributed by atoms with E-state index in [1.54, 1.807) is 27.9 Å². The van der Waals surface area contributed by atoms with Crippen molar-refractivity contribution in [2.45, 2.75) is 26.4 Å². The maximum absolute atomic E-state index is 11.5. The molecule has 0 saturated carbocycles. The first-order chi connectivity index (χ1) is 9.23. The molecule has 0 unspecified atom stereocenters. The summed E-state index contributed by atoms with van der Waals surface area (Å²) >= 11 is 4.40. The minimum Gasteiger partial charge on any atom is -0.495 e. The number of carbonyl (C=O) groups excluding carboxylic acids is 1. The first-order valence-electron chi connectivity index (χ1n) is 5.78. The number of hydrogen-bond acceptors (Lipinski definition) is 4. The number of ether oxygens (including phenoxy) is 2. The third kappa shape index (κ3) is 5.81. The van der Waals surface area contributed by atoms with Crippen molar-refractivity contribution in [2.75, 3.05) is 7.11 Å². The summed E-state index contributed by atoms with van der Waals surface area (Å²) in [7, 11) is 1.60. The second-order valence-electron chi connectivity index (χ2n) is 4.88. The highest BCUT2D eigenvalue weighted by Gasteiger charge is 2.15. The molecular weight excluding hydrogens is 486 g/mol. The van der Waals surface area contributed by atoms with Crippen LogP contribution < -0.4 is 10.2 Å². The zero-order valence-electron chi connectivity index (χ0n) is 11.7. The van der Waals surface area contributed by atoms with Crippen LogP contribution in [0.15, 0.2) is 17.2 Å². The van der Waals surface area contributed by atoms with E-state index in [-0.39, 0.29) is 0 Å². The summed E-state index contributed by atoms with van der Waals surface area (Å²) in [5.41, 5.74) is 2.57. The monoisotopic (exact) mass is 502 g/mol. The average molecular weight is 502 g/mol. The number of nitrogens with zero attached hydrogens (tertiary/aromatic N) is 1. The Bertz CT molecular complexity index is 525. The number of benzene rings is 1. The van der Waals surface area contributed by atoms with E-state index < -0.39 is 11.7 Å². The van der Waals surface area contributed by atoms with Gasteiger partial charge >= 0.3 is 6.09 Å². The van der Waals surface area contributed by atoms with E-state index in [0.29, 0.717) is 0 Å². The van der Waals surface area contributed by atoms with Crippen LogP contribution in [0.5, 0.6) is 5.75 Å². The van der Waals surface area contributed by atoms with Gasteiger partial charge in [0.05, 0.1) is 16.9 Å². The normalized spacial score (nSPS) is 11.5. The van der Waals surface area contributed by atoms with Gasteiger partial charge in [0.1, 0.15) is 11.4 Å². The van der Waals surface area contributed by atoms with Crippen molar-refractivity contribution in [3.05, 3.63) is 24.8 Å². The predicted molar refractivity (Wildman–Crippen MR) is 95.4 cm³/mol. The molecule has 5 nitrogen and oxygen atoms in total. The summed E-state index contributed by atoms with van der Waals surface area (Å²) in [5.74, 6) is 0.723. The lowest BCUT2D eigenvalue weighted by atomic mass is 10.2. The summed E-state index contributed by atoms with van der Waals surface area (Å²) in [6.07, 6.45) is 0.945. The zero-order chi connectivity index (χ0) is 15.3. The highest BCUT2D eigenvalue weighted by Crippen LogP contribution is 2.26. The average Bonchev–Trinajstić information content (AvgIpc) is 2.25. The number of amides is 1. The smallest absolute Gasteiger partial charge is 0.428 e. The number of halogens is 2. The van der Waals surface area contributed by atoms with Crippen LogP contribution in [0.2, 0.25) is 0 Å². The van der Waals surface area contributed by atoms with E-state index in [9.17, 15) is 4.79 Å². The van der Waals surface area contributed by atoms with Crippen molar-refractivity contribution in [1.82, 2.24) is 5.43 Å². The molecule has 0 bridgehead atoms. The quantitative estimate of drug-likeness (QED) is 0.390. The van der Waals surface area contributed by atoms with Crippen LogP contribution in [0.4, 0.5) is 4.79 Å². The molecule has 0 spiro atoms. The zero-order valence-corrected chi connectivity index (χ0v) is 16.0. The Kier molecular flexibility index (Phi) is 6.49. The maximum Gasteiger partial charge on any atom is 0.428 e.